The first-order valence-corrected chi connectivity index (χ1v) is 11.0. The topological polar surface area (TPSA) is 0 Å². The van der Waals surface area contributed by atoms with Crippen molar-refractivity contribution in [2.24, 2.45) is 0 Å². The van der Waals surface area contributed by atoms with Gasteiger partial charge in [0.25, 0.3) is 0 Å². The third-order valence-corrected chi connectivity index (χ3v) is 3.43. The fourth-order valence-corrected chi connectivity index (χ4v) is 2.08. The van der Waals surface area contributed by atoms with Crippen molar-refractivity contribution in [2.75, 3.05) is 0 Å². The van der Waals surface area contributed by atoms with Crippen molar-refractivity contribution in [3.05, 3.63) is 24.4 Å². The zero-order chi connectivity index (χ0) is 9.12. The standard InChI is InChI=1S/C9H20Si2/c1-10(2,3)8-7-9-11(4,5)6/h7-9H,1H2,2-6H3/q-2/b9-7+. The summed E-state index contributed by atoms with van der Waals surface area (Å²) in [5.74, 6) is 0. The minimum atomic E-state index is -1.20. The van der Waals surface area contributed by atoms with Crippen molar-refractivity contribution >= 4 is 16.1 Å². The number of rotatable bonds is 3. The van der Waals surface area contributed by atoms with Crippen LogP contribution in [0.1, 0.15) is 0 Å². The van der Waals surface area contributed by atoms with E-state index in [0.717, 1.165) is 0 Å². The fourth-order valence-electron chi connectivity index (χ4n) is 0.597. The molecule has 0 aliphatic rings. The van der Waals surface area contributed by atoms with E-state index in [0.29, 0.717) is 0 Å². The summed E-state index contributed by atoms with van der Waals surface area (Å²) < 4.78 is 0. The highest BCUT2D eigenvalue weighted by molar-refractivity contribution is 6.84. The average Bonchev–Trinajstić information content (AvgIpc) is 1.55. The molecule has 0 fully saturated rings. The third-order valence-electron chi connectivity index (χ3n) is 1.14. The fraction of sp³-hybridized carbons (Fsp3) is 0.556. The molecular weight excluding hydrogens is 164 g/mol. The molecular formula is C9H20Si2-2. The summed E-state index contributed by atoms with van der Waals surface area (Å²) in [6.07, 6.45) is 2.23. The van der Waals surface area contributed by atoms with E-state index in [9.17, 15) is 0 Å². The molecule has 0 heterocycles. The molecule has 2 heteroatoms. The predicted molar refractivity (Wildman–Crippen MR) is 59.6 cm³/mol. The molecule has 0 aromatic rings. The highest BCUT2D eigenvalue weighted by atomic mass is 28.3. The smallest absolute Gasteiger partial charge is 0.0175 e. The second kappa shape index (κ2) is 3.63. The maximum Gasteiger partial charge on any atom is -0.0175 e. The number of hydrogen-bond donors (Lipinski definition) is 0. The average molecular weight is 184 g/mol. The second-order valence-electron chi connectivity index (χ2n) is 4.88. The molecule has 0 bridgehead atoms. The molecule has 0 atom stereocenters. The summed E-state index contributed by atoms with van der Waals surface area (Å²) in [5, 5.41) is 0. The zero-order valence-corrected chi connectivity index (χ0v) is 10.4. The Morgan fingerprint density at radius 2 is 1.55 bits per heavy atom. The van der Waals surface area contributed by atoms with E-state index in [1.807, 2.05) is 0 Å². The molecule has 0 amide bonds. The first kappa shape index (κ1) is 11.0. The van der Waals surface area contributed by atoms with Gasteiger partial charge in [0.05, 0.1) is 0 Å². The van der Waals surface area contributed by atoms with Gasteiger partial charge in [-0.3, -0.25) is 6.04 Å². The molecule has 66 valence electrons. The molecule has 0 unspecified atom stereocenters. The molecule has 0 rings (SSSR count). The highest BCUT2D eigenvalue weighted by Gasteiger charge is 2.00. The Labute approximate surface area is 73.7 Å². The molecule has 11 heavy (non-hydrogen) atoms. The Morgan fingerprint density at radius 1 is 1.09 bits per heavy atom. The van der Waals surface area contributed by atoms with Crippen LogP contribution in [-0.4, -0.2) is 16.1 Å². The molecule has 0 saturated carbocycles. The van der Waals surface area contributed by atoms with Gasteiger partial charge in [0.2, 0.25) is 0 Å². The van der Waals surface area contributed by atoms with E-state index in [-0.39, 0.29) is 0 Å². The summed E-state index contributed by atoms with van der Waals surface area (Å²) in [5.41, 5.74) is 2.37. The van der Waals surface area contributed by atoms with E-state index >= 15 is 0 Å². The van der Waals surface area contributed by atoms with Crippen LogP contribution in [0.3, 0.4) is 0 Å². The SMILES string of the molecule is [CH2-][Si](C)(C)[CH-]/C=C/[Si](C)(C)C. The summed E-state index contributed by atoms with van der Waals surface area (Å²) in [4.78, 5) is 0. The zero-order valence-electron chi connectivity index (χ0n) is 8.44. The molecule has 0 aliphatic heterocycles. The molecule has 0 N–H and O–H groups in total. The lowest BCUT2D eigenvalue weighted by atomic mass is 10.8. The van der Waals surface area contributed by atoms with Gasteiger partial charge in [-0.05, 0) is 8.07 Å². The summed E-state index contributed by atoms with van der Waals surface area (Å²) >= 11 is 0. The Morgan fingerprint density at radius 3 is 1.82 bits per heavy atom. The van der Waals surface area contributed by atoms with Crippen LogP contribution in [0.15, 0.2) is 11.8 Å². The van der Waals surface area contributed by atoms with Gasteiger partial charge in [0, 0.05) is 0 Å². The van der Waals surface area contributed by atoms with Gasteiger partial charge in [0.1, 0.15) is 0 Å². The lowest BCUT2D eigenvalue weighted by Crippen LogP contribution is -2.22. The molecule has 0 nitrogen and oxygen atoms in total. The largest absolute Gasteiger partial charge is 0.353 e. The first-order chi connectivity index (χ1) is 4.71. The van der Waals surface area contributed by atoms with Gasteiger partial charge >= 0.3 is 0 Å². The minimum absolute atomic E-state index is 0.974. The van der Waals surface area contributed by atoms with E-state index in [1.54, 1.807) is 0 Å². The molecule has 0 radical (unpaired) electrons. The maximum atomic E-state index is 4.14. The van der Waals surface area contributed by atoms with Crippen molar-refractivity contribution in [3.63, 3.8) is 0 Å². The van der Waals surface area contributed by atoms with Gasteiger partial charge in [0.15, 0.2) is 0 Å². The Bertz CT molecular complexity index is 135. The van der Waals surface area contributed by atoms with Crippen molar-refractivity contribution in [1.29, 1.82) is 0 Å². The number of hydrogen-bond acceptors (Lipinski definition) is 0. The minimum Gasteiger partial charge on any atom is -0.353 e. The quantitative estimate of drug-likeness (QED) is 0.467. The number of allylic oxidation sites excluding steroid dienone is 1. The lowest BCUT2D eigenvalue weighted by Gasteiger charge is -2.30. The Hall–Kier alpha value is 0.0438. The predicted octanol–water partition coefficient (Wildman–Crippen LogP) is 3.25. The van der Waals surface area contributed by atoms with Crippen molar-refractivity contribution in [3.8, 4) is 0 Å². The van der Waals surface area contributed by atoms with Crippen LogP contribution in [-0.2, 0) is 0 Å². The van der Waals surface area contributed by atoms with Crippen molar-refractivity contribution in [2.45, 2.75) is 32.7 Å². The van der Waals surface area contributed by atoms with Crippen molar-refractivity contribution in [1.82, 2.24) is 0 Å². The maximum absolute atomic E-state index is 4.14. The van der Waals surface area contributed by atoms with Gasteiger partial charge in [-0.1, -0.05) is 19.6 Å². The van der Waals surface area contributed by atoms with Crippen LogP contribution < -0.4 is 0 Å². The van der Waals surface area contributed by atoms with E-state index in [2.05, 4.69) is 57.1 Å². The van der Waals surface area contributed by atoms with Crippen molar-refractivity contribution < 1.29 is 0 Å². The normalized spacial score (nSPS) is 14.0. The lowest BCUT2D eigenvalue weighted by molar-refractivity contribution is 1.70. The molecule has 0 aromatic heterocycles. The van der Waals surface area contributed by atoms with Crippen LogP contribution >= 0.6 is 0 Å². The molecule has 0 saturated heterocycles. The Kier molecular flexibility index (Phi) is 3.64. The van der Waals surface area contributed by atoms with E-state index in [1.165, 1.54) is 0 Å². The Balaban J connectivity index is 3.80. The van der Waals surface area contributed by atoms with Crippen LogP contribution in [0.4, 0.5) is 0 Å². The van der Waals surface area contributed by atoms with Crippen LogP contribution in [0.2, 0.25) is 32.7 Å². The third kappa shape index (κ3) is 10.0. The van der Waals surface area contributed by atoms with Gasteiger partial charge < -0.3 is 6.55 Å². The van der Waals surface area contributed by atoms with Crippen LogP contribution in [0.5, 0.6) is 0 Å². The van der Waals surface area contributed by atoms with E-state index in [4.69, 9.17) is 0 Å². The first-order valence-electron chi connectivity index (χ1n) is 4.10. The van der Waals surface area contributed by atoms with Crippen LogP contribution in [0, 0.1) is 12.6 Å². The van der Waals surface area contributed by atoms with Gasteiger partial charge in [-0.15, -0.1) is 13.1 Å². The molecule has 0 spiro atoms. The summed E-state index contributed by atoms with van der Waals surface area (Å²) in [6.45, 7) is 15.7. The summed E-state index contributed by atoms with van der Waals surface area (Å²) in [6, 6.07) is 2.30. The monoisotopic (exact) mass is 184 g/mol. The van der Waals surface area contributed by atoms with Gasteiger partial charge in [-0.25, -0.2) is 11.8 Å². The van der Waals surface area contributed by atoms with Crippen LogP contribution in [0.25, 0.3) is 0 Å². The van der Waals surface area contributed by atoms with E-state index < -0.39 is 16.1 Å². The summed E-state index contributed by atoms with van der Waals surface area (Å²) in [7, 11) is -2.17. The highest BCUT2D eigenvalue weighted by Crippen LogP contribution is 2.07. The second-order valence-corrected chi connectivity index (χ2v) is 14.3. The molecule has 0 aliphatic carbocycles. The van der Waals surface area contributed by atoms with Gasteiger partial charge in [-0.2, -0.15) is 8.07 Å². The molecule has 0 aromatic carbocycles.